The minimum Gasteiger partial charge on any atom is -0.396 e. The van der Waals surface area contributed by atoms with Crippen molar-refractivity contribution in [2.75, 3.05) is 13.2 Å². The summed E-state index contributed by atoms with van der Waals surface area (Å²) in [6.45, 7) is 8.38. The summed E-state index contributed by atoms with van der Waals surface area (Å²) in [6.07, 6.45) is 2.55. The Balaban J connectivity index is 4.20. The van der Waals surface area contributed by atoms with Crippen LogP contribution in [0.25, 0.3) is 0 Å². The van der Waals surface area contributed by atoms with Gasteiger partial charge in [0.05, 0.1) is 12.7 Å². The fraction of sp³-hybridized carbons (Fsp3) is 1.00. The normalized spacial score (nSPS) is 15.9. The third kappa shape index (κ3) is 6.36. The van der Waals surface area contributed by atoms with Crippen molar-refractivity contribution in [3.63, 3.8) is 0 Å². The number of hydrogen-bond donors (Lipinski definition) is 2. The van der Waals surface area contributed by atoms with E-state index in [1.54, 1.807) is 0 Å². The van der Waals surface area contributed by atoms with Gasteiger partial charge in [-0.15, -0.1) is 0 Å². The maximum Gasteiger partial charge on any atom is 0.105 e. The molecule has 0 aliphatic rings. The largest absolute Gasteiger partial charge is 0.396 e. The van der Waals surface area contributed by atoms with E-state index >= 15 is 0 Å². The van der Waals surface area contributed by atoms with E-state index in [4.69, 9.17) is 14.9 Å². The van der Waals surface area contributed by atoms with Gasteiger partial charge >= 0.3 is 0 Å². The lowest BCUT2D eigenvalue weighted by Gasteiger charge is -2.32. The van der Waals surface area contributed by atoms with Crippen molar-refractivity contribution in [3.05, 3.63) is 0 Å². The van der Waals surface area contributed by atoms with E-state index in [0.717, 1.165) is 19.3 Å². The molecule has 4 heteroatoms. The van der Waals surface area contributed by atoms with Crippen molar-refractivity contribution in [2.24, 2.45) is 5.92 Å². The van der Waals surface area contributed by atoms with Crippen molar-refractivity contribution < 1.29 is 20.0 Å². The third-order valence-electron chi connectivity index (χ3n) is 3.27. The molecule has 104 valence electrons. The maximum absolute atomic E-state index is 9.73. The van der Waals surface area contributed by atoms with Crippen LogP contribution < -0.4 is 0 Å². The Labute approximate surface area is 105 Å². The molecule has 0 aromatic rings. The second-order valence-electron chi connectivity index (χ2n) is 4.81. The van der Waals surface area contributed by atoms with E-state index in [9.17, 15) is 5.11 Å². The van der Waals surface area contributed by atoms with E-state index in [1.165, 1.54) is 0 Å². The van der Waals surface area contributed by atoms with Gasteiger partial charge in [0.25, 0.3) is 0 Å². The molecule has 0 aromatic carbocycles. The second kappa shape index (κ2) is 8.86. The molecule has 0 aliphatic heterocycles. The highest BCUT2D eigenvalue weighted by Crippen LogP contribution is 2.27. The van der Waals surface area contributed by atoms with Crippen LogP contribution in [-0.4, -0.2) is 35.1 Å². The average Bonchev–Trinajstić information content (AvgIpc) is 2.36. The Morgan fingerprint density at radius 1 is 1.18 bits per heavy atom. The Bertz CT molecular complexity index is 180. The molecule has 2 N–H and O–H groups in total. The third-order valence-corrected chi connectivity index (χ3v) is 3.27. The lowest BCUT2D eigenvalue weighted by Crippen LogP contribution is -2.36. The zero-order chi connectivity index (χ0) is 13.3. The van der Waals surface area contributed by atoms with E-state index in [-0.39, 0.29) is 18.6 Å². The predicted molar refractivity (Wildman–Crippen MR) is 67.5 cm³/mol. The number of hydrogen-bond acceptors (Lipinski definition) is 4. The van der Waals surface area contributed by atoms with Crippen molar-refractivity contribution in [3.8, 4) is 0 Å². The summed E-state index contributed by atoms with van der Waals surface area (Å²) in [4.78, 5) is 10.7. The van der Waals surface area contributed by atoms with Gasteiger partial charge in [-0.2, -0.15) is 0 Å². The van der Waals surface area contributed by atoms with Gasteiger partial charge in [0, 0.05) is 18.9 Å². The number of rotatable bonds is 10. The smallest absolute Gasteiger partial charge is 0.105 e. The van der Waals surface area contributed by atoms with Crippen molar-refractivity contribution in [2.45, 2.75) is 65.1 Å². The predicted octanol–water partition coefficient (Wildman–Crippen LogP) is 2.28. The molecule has 0 aliphatic carbocycles. The highest BCUT2D eigenvalue weighted by molar-refractivity contribution is 4.79. The molecule has 0 amide bonds. The van der Waals surface area contributed by atoms with E-state index in [0.29, 0.717) is 13.0 Å². The standard InChI is InChI=1S/C13H28O4/c1-5-12(15)8-13(6-2,7-3)17-16-10-11(4)9-14/h11-12,14-15H,5-10H2,1-4H3. The van der Waals surface area contributed by atoms with Crippen LogP contribution >= 0.6 is 0 Å². The van der Waals surface area contributed by atoms with Crippen molar-refractivity contribution in [1.82, 2.24) is 0 Å². The molecule has 0 rings (SSSR count). The van der Waals surface area contributed by atoms with Crippen LogP contribution in [0, 0.1) is 5.92 Å². The van der Waals surface area contributed by atoms with Gasteiger partial charge in [-0.05, 0) is 19.3 Å². The first-order valence-electron chi connectivity index (χ1n) is 6.63. The van der Waals surface area contributed by atoms with Crippen LogP contribution in [0.15, 0.2) is 0 Å². The molecule has 0 bridgehead atoms. The molecule has 0 spiro atoms. The van der Waals surface area contributed by atoms with Crippen LogP contribution in [0.3, 0.4) is 0 Å². The van der Waals surface area contributed by atoms with Gasteiger partial charge < -0.3 is 10.2 Å². The lowest BCUT2D eigenvalue weighted by molar-refractivity contribution is -0.372. The van der Waals surface area contributed by atoms with Crippen LogP contribution in [0.4, 0.5) is 0 Å². The van der Waals surface area contributed by atoms with Crippen LogP contribution in [0.5, 0.6) is 0 Å². The Hall–Kier alpha value is -0.160. The molecule has 2 unspecified atom stereocenters. The first-order chi connectivity index (χ1) is 8.03. The Kier molecular flexibility index (Phi) is 8.78. The van der Waals surface area contributed by atoms with Crippen molar-refractivity contribution in [1.29, 1.82) is 0 Å². The topological polar surface area (TPSA) is 58.9 Å². The molecule has 0 saturated carbocycles. The van der Waals surface area contributed by atoms with Gasteiger partial charge in [-0.3, -0.25) is 0 Å². The first kappa shape index (κ1) is 16.8. The Morgan fingerprint density at radius 2 is 1.76 bits per heavy atom. The summed E-state index contributed by atoms with van der Waals surface area (Å²) < 4.78 is 0. The average molecular weight is 248 g/mol. The zero-order valence-corrected chi connectivity index (χ0v) is 11.6. The molecular formula is C13H28O4. The SMILES string of the molecule is CCC(O)CC(CC)(CC)OOCC(C)CO. The Morgan fingerprint density at radius 3 is 2.18 bits per heavy atom. The number of aliphatic hydroxyl groups excluding tert-OH is 2. The van der Waals surface area contributed by atoms with Crippen LogP contribution in [0.2, 0.25) is 0 Å². The van der Waals surface area contributed by atoms with Gasteiger partial charge in [-0.1, -0.05) is 27.7 Å². The fourth-order valence-electron chi connectivity index (χ4n) is 1.59. The maximum atomic E-state index is 9.73. The lowest BCUT2D eigenvalue weighted by atomic mass is 9.90. The minimum absolute atomic E-state index is 0.0671. The summed E-state index contributed by atoms with van der Waals surface area (Å²) in [5.74, 6) is 0.0671. The second-order valence-corrected chi connectivity index (χ2v) is 4.81. The van der Waals surface area contributed by atoms with E-state index in [2.05, 4.69) is 0 Å². The molecule has 4 nitrogen and oxygen atoms in total. The molecule has 0 radical (unpaired) electrons. The monoisotopic (exact) mass is 248 g/mol. The molecule has 0 heterocycles. The summed E-state index contributed by atoms with van der Waals surface area (Å²) in [5.41, 5.74) is -0.412. The molecular weight excluding hydrogens is 220 g/mol. The zero-order valence-electron chi connectivity index (χ0n) is 11.6. The summed E-state index contributed by atoms with van der Waals surface area (Å²) in [7, 11) is 0. The number of aliphatic hydroxyl groups is 2. The quantitative estimate of drug-likeness (QED) is 0.460. The fourth-order valence-corrected chi connectivity index (χ4v) is 1.59. The van der Waals surface area contributed by atoms with Gasteiger partial charge in [0.2, 0.25) is 0 Å². The van der Waals surface area contributed by atoms with Gasteiger partial charge in [0.1, 0.15) is 5.60 Å². The van der Waals surface area contributed by atoms with Crippen LogP contribution in [0.1, 0.15) is 53.4 Å². The molecule has 17 heavy (non-hydrogen) atoms. The van der Waals surface area contributed by atoms with Gasteiger partial charge in [-0.25, -0.2) is 9.78 Å². The van der Waals surface area contributed by atoms with Gasteiger partial charge in [0.15, 0.2) is 0 Å². The van der Waals surface area contributed by atoms with Crippen LogP contribution in [-0.2, 0) is 9.78 Å². The minimum atomic E-state index is -0.412. The molecule has 0 saturated heterocycles. The molecule has 2 atom stereocenters. The molecule has 0 aromatic heterocycles. The van der Waals surface area contributed by atoms with Crippen molar-refractivity contribution >= 4 is 0 Å². The highest BCUT2D eigenvalue weighted by Gasteiger charge is 2.31. The summed E-state index contributed by atoms with van der Waals surface area (Å²) in [6, 6.07) is 0. The van der Waals surface area contributed by atoms with E-state index in [1.807, 2.05) is 27.7 Å². The molecule has 0 fully saturated rings. The van der Waals surface area contributed by atoms with E-state index < -0.39 is 5.60 Å². The highest BCUT2D eigenvalue weighted by atomic mass is 17.2. The summed E-state index contributed by atoms with van der Waals surface area (Å²) in [5, 5.41) is 18.6. The first-order valence-corrected chi connectivity index (χ1v) is 6.63. The summed E-state index contributed by atoms with van der Waals surface area (Å²) >= 11 is 0.